The lowest BCUT2D eigenvalue weighted by Crippen LogP contribution is -2.23. The van der Waals surface area contributed by atoms with Gasteiger partial charge < -0.3 is 19.5 Å². The lowest BCUT2D eigenvalue weighted by Gasteiger charge is -2.07. The predicted octanol–water partition coefficient (Wildman–Crippen LogP) is 3.51. The maximum absolute atomic E-state index is 5.37. The molecule has 6 nitrogen and oxygen atoms in total. The molecule has 0 saturated heterocycles. The minimum atomic E-state index is 0.186. The van der Waals surface area contributed by atoms with E-state index in [1.165, 1.54) is 0 Å². The molecule has 124 valence electrons. The van der Waals surface area contributed by atoms with Crippen molar-refractivity contribution in [1.29, 1.82) is 0 Å². The van der Waals surface area contributed by atoms with Crippen molar-refractivity contribution in [3.63, 3.8) is 0 Å². The zero-order chi connectivity index (χ0) is 16.9. The molecule has 0 aromatic heterocycles. The Bertz CT molecular complexity index is 798. The number of nitrogens with one attached hydrogen (secondary N) is 2. The molecule has 0 spiro atoms. The van der Waals surface area contributed by atoms with Crippen LogP contribution in [-0.4, -0.2) is 25.2 Å². The van der Waals surface area contributed by atoms with Crippen LogP contribution in [0.15, 0.2) is 46.0 Å². The van der Waals surface area contributed by atoms with Crippen LogP contribution in [0.4, 0.5) is 5.69 Å². The van der Waals surface area contributed by atoms with Crippen molar-refractivity contribution in [2.24, 2.45) is 5.10 Å². The minimum Gasteiger partial charge on any atom is -0.493 e. The lowest BCUT2D eigenvalue weighted by molar-refractivity contribution is 0.171. The highest BCUT2D eigenvalue weighted by atomic mass is 79.9. The van der Waals surface area contributed by atoms with E-state index in [0.717, 1.165) is 15.7 Å². The largest absolute Gasteiger partial charge is 0.493 e. The molecule has 1 aliphatic rings. The number of ether oxygens (including phenoxy) is 3. The maximum atomic E-state index is 5.37. The van der Waals surface area contributed by atoms with Gasteiger partial charge in [-0.05, 0) is 42.5 Å². The van der Waals surface area contributed by atoms with Crippen molar-refractivity contribution < 1.29 is 14.2 Å². The van der Waals surface area contributed by atoms with Gasteiger partial charge >= 0.3 is 0 Å². The molecule has 0 bridgehead atoms. The molecule has 8 heteroatoms. The third-order valence-electron chi connectivity index (χ3n) is 3.14. The molecule has 3 rings (SSSR count). The number of hydrazone groups is 1. The van der Waals surface area contributed by atoms with E-state index in [-0.39, 0.29) is 6.79 Å². The third-order valence-corrected chi connectivity index (χ3v) is 3.83. The summed E-state index contributed by atoms with van der Waals surface area (Å²) in [7, 11) is 1.58. The summed E-state index contributed by atoms with van der Waals surface area (Å²) in [6, 6.07) is 11.3. The molecule has 2 aromatic rings. The van der Waals surface area contributed by atoms with Crippen molar-refractivity contribution in [3.8, 4) is 17.2 Å². The van der Waals surface area contributed by atoms with Gasteiger partial charge in [0.15, 0.2) is 16.6 Å². The maximum Gasteiger partial charge on any atom is 0.231 e. The number of anilines is 1. The van der Waals surface area contributed by atoms with Crippen molar-refractivity contribution in [3.05, 3.63) is 46.4 Å². The van der Waals surface area contributed by atoms with Gasteiger partial charge in [0.25, 0.3) is 0 Å². The summed E-state index contributed by atoms with van der Waals surface area (Å²) in [5.74, 6) is 1.83. The highest BCUT2D eigenvalue weighted by Gasteiger charge is 2.19. The molecule has 2 N–H and O–H groups in total. The molecular weight excluding hydrogens is 394 g/mol. The summed E-state index contributed by atoms with van der Waals surface area (Å²) in [6.07, 6.45) is 1.62. The fraction of sp³-hybridized carbons (Fsp3) is 0.125. The molecule has 0 aliphatic carbocycles. The summed E-state index contributed by atoms with van der Waals surface area (Å²) in [6.45, 7) is 0.186. The second-order valence-electron chi connectivity index (χ2n) is 4.79. The number of rotatable bonds is 4. The summed E-state index contributed by atoms with van der Waals surface area (Å²) in [5, 5.41) is 7.55. The van der Waals surface area contributed by atoms with Crippen LogP contribution in [0, 0.1) is 0 Å². The number of fused-ring (bicyclic) bond motifs is 1. The highest BCUT2D eigenvalue weighted by Crippen LogP contribution is 2.41. The SMILES string of the molecule is COc1cc(/C=N\NC(=S)Nc2cccc(Br)c2)cc2c1OCO2. The number of thiocarbonyl (C=S) groups is 1. The molecule has 0 saturated carbocycles. The summed E-state index contributed by atoms with van der Waals surface area (Å²) in [4.78, 5) is 0. The highest BCUT2D eigenvalue weighted by molar-refractivity contribution is 9.10. The molecule has 0 radical (unpaired) electrons. The van der Waals surface area contributed by atoms with Gasteiger partial charge in [-0.25, -0.2) is 0 Å². The van der Waals surface area contributed by atoms with E-state index in [2.05, 4.69) is 31.8 Å². The first kappa shape index (κ1) is 16.5. The molecule has 0 atom stereocenters. The second kappa shape index (κ2) is 7.50. The average Bonchev–Trinajstić information content (AvgIpc) is 3.02. The van der Waals surface area contributed by atoms with Crippen LogP contribution < -0.4 is 25.0 Å². The van der Waals surface area contributed by atoms with Gasteiger partial charge in [-0.15, -0.1) is 0 Å². The van der Waals surface area contributed by atoms with E-state index in [1.54, 1.807) is 13.3 Å². The van der Waals surface area contributed by atoms with Gasteiger partial charge in [0, 0.05) is 15.7 Å². The van der Waals surface area contributed by atoms with Crippen LogP contribution in [0.5, 0.6) is 17.2 Å². The van der Waals surface area contributed by atoms with Gasteiger partial charge in [0.1, 0.15) is 0 Å². The van der Waals surface area contributed by atoms with Crippen molar-refractivity contribution in [2.45, 2.75) is 0 Å². The Morgan fingerprint density at radius 1 is 1.33 bits per heavy atom. The Morgan fingerprint density at radius 2 is 2.21 bits per heavy atom. The van der Waals surface area contributed by atoms with Crippen molar-refractivity contribution in [1.82, 2.24) is 5.43 Å². The van der Waals surface area contributed by atoms with Gasteiger partial charge in [-0.2, -0.15) is 5.10 Å². The van der Waals surface area contributed by atoms with Gasteiger partial charge in [0.05, 0.1) is 13.3 Å². The third kappa shape index (κ3) is 3.95. The van der Waals surface area contributed by atoms with Gasteiger partial charge in [-0.3, -0.25) is 5.43 Å². The first-order valence-corrected chi connectivity index (χ1v) is 8.19. The Balaban J connectivity index is 1.63. The van der Waals surface area contributed by atoms with Crippen LogP contribution in [0.25, 0.3) is 0 Å². The number of hydrogen-bond donors (Lipinski definition) is 2. The van der Waals surface area contributed by atoms with E-state index >= 15 is 0 Å². The Labute approximate surface area is 152 Å². The summed E-state index contributed by atoms with van der Waals surface area (Å²) < 4.78 is 17.0. The van der Waals surface area contributed by atoms with Crippen LogP contribution in [0.2, 0.25) is 0 Å². The quantitative estimate of drug-likeness (QED) is 0.459. The number of hydrogen-bond acceptors (Lipinski definition) is 5. The number of methoxy groups -OCH3 is 1. The minimum absolute atomic E-state index is 0.186. The van der Waals surface area contributed by atoms with Crippen molar-refractivity contribution in [2.75, 3.05) is 19.2 Å². The van der Waals surface area contributed by atoms with Gasteiger partial charge in [0.2, 0.25) is 12.5 Å². The van der Waals surface area contributed by atoms with Gasteiger partial charge in [-0.1, -0.05) is 22.0 Å². The molecule has 0 unspecified atom stereocenters. The number of halogens is 1. The molecule has 24 heavy (non-hydrogen) atoms. The zero-order valence-electron chi connectivity index (χ0n) is 12.7. The van der Waals surface area contributed by atoms with E-state index < -0.39 is 0 Å². The standard InChI is InChI=1S/C16H14BrN3O3S/c1-21-13-5-10(6-14-15(13)23-9-22-14)8-18-20-16(24)19-12-4-2-3-11(17)7-12/h2-8H,9H2,1H3,(H2,19,20,24)/b18-8-. The lowest BCUT2D eigenvalue weighted by atomic mass is 10.2. The fourth-order valence-electron chi connectivity index (χ4n) is 2.12. The molecule has 0 fully saturated rings. The molecule has 1 heterocycles. The fourth-order valence-corrected chi connectivity index (χ4v) is 2.68. The molecular formula is C16H14BrN3O3S. The molecule has 0 amide bonds. The van der Waals surface area contributed by atoms with E-state index in [1.807, 2.05) is 36.4 Å². The average molecular weight is 408 g/mol. The molecule has 2 aromatic carbocycles. The first-order chi connectivity index (χ1) is 11.7. The van der Waals surface area contributed by atoms with Crippen LogP contribution in [-0.2, 0) is 0 Å². The monoisotopic (exact) mass is 407 g/mol. The zero-order valence-corrected chi connectivity index (χ0v) is 15.1. The number of benzene rings is 2. The van der Waals surface area contributed by atoms with E-state index in [4.69, 9.17) is 26.4 Å². The Morgan fingerprint density at radius 3 is 3.00 bits per heavy atom. The Hall–Kier alpha value is -2.32. The number of nitrogens with zero attached hydrogens (tertiary/aromatic N) is 1. The van der Waals surface area contributed by atoms with E-state index in [9.17, 15) is 0 Å². The summed E-state index contributed by atoms with van der Waals surface area (Å²) in [5.41, 5.74) is 4.43. The van der Waals surface area contributed by atoms with Crippen LogP contribution in [0.3, 0.4) is 0 Å². The topological polar surface area (TPSA) is 64.1 Å². The first-order valence-electron chi connectivity index (χ1n) is 6.99. The summed E-state index contributed by atoms with van der Waals surface area (Å²) >= 11 is 8.61. The smallest absolute Gasteiger partial charge is 0.231 e. The van der Waals surface area contributed by atoms with Crippen LogP contribution in [0.1, 0.15) is 5.56 Å². The van der Waals surface area contributed by atoms with E-state index in [0.29, 0.717) is 22.4 Å². The predicted molar refractivity (Wildman–Crippen MR) is 100 cm³/mol. The van der Waals surface area contributed by atoms with Crippen molar-refractivity contribution >= 4 is 45.2 Å². The Kier molecular flexibility index (Phi) is 5.17. The van der Waals surface area contributed by atoms with Crippen LogP contribution >= 0.6 is 28.1 Å². The second-order valence-corrected chi connectivity index (χ2v) is 6.12. The normalized spacial score (nSPS) is 12.2. The molecule has 1 aliphatic heterocycles.